The summed E-state index contributed by atoms with van der Waals surface area (Å²) in [6.07, 6.45) is 13.2. The second-order valence-electron chi connectivity index (χ2n) is 29.8. The summed E-state index contributed by atoms with van der Waals surface area (Å²) in [6, 6.07) is 67.3. The van der Waals surface area contributed by atoms with E-state index in [-0.39, 0.29) is 12.4 Å². The van der Waals surface area contributed by atoms with Crippen LogP contribution in [0.1, 0.15) is 119 Å². The first-order valence-electron chi connectivity index (χ1n) is 37.9. The van der Waals surface area contributed by atoms with Crippen LogP contribution >= 0.6 is 47.8 Å². The number of aryl methyl sites for hydroxylation is 12. The molecule has 1 aliphatic carbocycles. The number of nitrogens with zero attached hydrogens (tertiary/aromatic N) is 2. The van der Waals surface area contributed by atoms with Gasteiger partial charge in [-0.05, 0) is 320 Å². The smallest absolute Gasteiger partial charge is 0.488 e. The number of rotatable bonds is 11. The molecule has 0 saturated heterocycles. The first kappa shape index (κ1) is 80.1. The standard InChI is InChI=1S/C45H49N2Si.C26H25Br.C18H19BO2.C8H8Br2.ClH/c1-11-33-35-15-13-14-16-36(35)34(12-2)42-24-30(17-20-37(33)42)40-27-41(29(4)23-28(40)3)45-38-21-18-31(46(5)6)25-43(38)48(9,10)44-26-32(47(7)8)19-22-39(44)45;1-5-19-21-9-7-8-10-22(21)20(6-2)25-14-18(11-12-23(19)25)24-15-26(27)17(4)13-16(24)3;1-3-13-15-7-5-6-8-16(15)14(4-2)18-11-12(19(20)21)9-10-17(13)18;1-5-3-6(2)8(10)4-7(5)9;/h13-27H,11-12H2,1-10H3;7-15H,5-6H2,1-4H3;5-11,20-21H,3-4H2,1-2H3;3-4H,1-2H3;1H/q+1;;;;/p-1. The number of hydrogen-bond acceptors (Lipinski definition) is 3. The minimum Gasteiger partial charge on any atom is -1.00 e. The van der Waals surface area contributed by atoms with Gasteiger partial charge in [-0.25, -0.2) is 4.58 Å². The molecule has 13 aromatic rings. The molecule has 107 heavy (non-hydrogen) atoms. The molecule has 0 amide bonds. The van der Waals surface area contributed by atoms with Crippen molar-refractivity contribution in [3.05, 3.63) is 302 Å². The van der Waals surface area contributed by atoms with Crippen LogP contribution in [0, 0.1) is 41.5 Å². The number of hydrogen-bond donors (Lipinski definition) is 2. The normalized spacial score (nSPS) is 12.8. The van der Waals surface area contributed by atoms with Gasteiger partial charge in [0.15, 0.2) is 5.71 Å². The molecule has 13 aromatic carbocycles. The topological polar surface area (TPSA) is 46.7 Å². The van der Waals surface area contributed by atoms with Crippen molar-refractivity contribution in [3.63, 3.8) is 0 Å². The molecular formula is C97H101BBr3ClN2O2Si. The number of fused-ring (bicyclic) bond motifs is 8. The van der Waals surface area contributed by atoms with Crippen molar-refractivity contribution in [2.45, 2.75) is 135 Å². The van der Waals surface area contributed by atoms with Crippen molar-refractivity contribution < 1.29 is 27.0 Å². The van der Waals surface area contributed by atoms with Gasteiger partial charge < -0.3 is 27.4 Å². The Labute approximate surface area is 669 Å². The Morgan fingerprint density at radius 2 is 0.748 bits per heavy atom. The average Bonchev–Trinajstić information content (AvgIpc) is 0.719. The SMILES string of the molecule is CCc1c2ccccc2c(CC)c2cc(-c3cc(Br)c(C)cc3C)ccc12.CCc1c2ccccc2c(CC)c2cc(-c3cc(C4=C5C=CC(=[N+](C)C)C=C5[Si](C)(C)c5cc(N(C)C)ccc54)c(C)cc3C)ccc12.CCc1c2ccccc2c(CC)c2cc(B(O)O)ccc12.Cc1cc(C)c(Br)cc1Br.[Cl-]. The van der Waals surface area contributed by atoms with Crippen LogP contribution < -0.4 is 28.0 Å². The van der Waals surface area contributed by atoms with Crippen molar-refractivity contribution in [1.29, 1.82) is 0 Å². The molecule has 0 unspecified atom stereocenters. The van der Waals surface area contributed by atoms with E-state index in [0.717, 1.165) is 52.9 Å². The van der Waals surface area contributed by atoms with Gasteiger partial charge in [-0.2, -0.15) is 0 Å². The van der Waals surface area contributed by atoms with Crippen LogP contribution in [-0.4, -0.2) is 63.7 Å². The predicted molar refractivity (Wildman–Crippen MR) is 478 cm³/mol. The molecule has 2 N–H and O–H groups in total. The Kier molecular flexibility index (Phi) is 25.1. The molecule has 2 aliphatic rings. The minimum atomic E-state index is -2.01. The Morgan fingerprint density at radius 1 is 0.383 bits per heavy atom. The number of anilines is 1. The molecule has 4 nitrogen and oxygen atoms in total. The summed E-state index contributed by atoms with van der Waals surface area (Å²) >= 11 is 10.6. The highest BCUT2D eigenvalue weighted by molar-refractivity contribution is 9.11. The highest BCUT2D eigenvalue weighted by Crippen LogP contribution is 2.46. The molecule has 0 bridgehead atoms. The molecule has 0 saturated carbocycles. The van der Waals surface area contributed by atoms with E-state index in [4.69, 9.17) is 0 Å². The molecule has 0 atom stereocenters. The summed E-state index contributed by atoms with van der Waals surface area (Å²) in [5, 5.41) is 38.1. The molecule has 0 fully saturated rings. The van der Waals surface area contributed by atoms with E-state index in [1.165, 1.54) is 197 Å². The third-order valence-corrected chi connectivity index (χ3v) is 28.6. The fourth-order valence-corrected chi connectivity index (χ4v) is 21.3. The van der Waals surface area contributed by atoms with E-state index in [2.05, 4.69) is 364 Å². The molecule has 15 rings (SSSR count). The molecule has 1 aliphatic heterocycles. The minimum absolute atomic E-state index is 0. The summed E-state index contributed by atoms with van der Waals surface area (Å²) in [5.41, 5.74) is 30.1. The first-order chi connectivity index (χ1) is 50.8. The van der Waals surface area contributed by atoms with Crippen LogP contribution in [0.5, 0.6) is 0 Å². The summed E-state index contributed by atoms with van der Waals surface area (Å²) in [6.45, 7) is 31.6. The Morgan fingerprint density at radius 3 is 1.15 bits per heavy atom. The largest absolute Gasteiger partial charge is 1.00 e. The van der Waals surface area contributed by atoms with Crippen LogP contribution in [0.25, 0.3) is 92.5 Å². The number of allylic oxidation sites excluding steroid dienone is 5. The van der Waals surface area contributed by atoms with Gasteiger partial charge >= 0.3 is 7.12 Å². The average molecular weight is 1640 g/mol. The summed E-state index contributed by atoms with van der Waals surface area (Å²) in [7, 11) is 5.17. The van der Waals surface area contributed by atoms with E-state index in [1.54, 1.807) is 6.07 Å². The van der Waals surface area contributed by atoms with Crippen molar-refractivity contribution in [1.82, 2.24) is 0 Å². The fraction of sp³-hybridized carbons (Fsp3) is 0.247. The molecule has 10 heteroatoms. The van der Waals surface area contributed by atoms with Gasteiger partial charge in [-0.15, -0.1) is 0 Å². The van der Waals surface area contributed by atoms with E-state index in [9.17, 15) is 10.0 Å². The molecule has 546 valence electrons. The Balaban J connectivity index is 0.000000162. The van der Waals surface area contributed by atoms with Gasteiger partial charge in [0.2, 0.25) is 0 Å². The van der Waals surface area contributed by atoms with Crippen LogP contribution in [0.3, 0.4) is 0 Å². The molecule has 0 aromatic heterocycles. The number of benzene rings is 13. The maximum atomic E-state index is 9.44. The Bertz CT molecular complexity index is 5750. The van der Waals surface area contributed by atoms with Gasteiger partial charge in [0.25, 0.3) is 0 Å². The maximum Gasteiger partial charge on any atom is 0.488 e. The second-order valence-corrected chi connectivity index (χ2v) is 36.7. The lowest BCUT2D eigenvalue weighted by atomic mass is 9.77. The van der Waals surface area contributed by atoms with Crippen LogP contribution in [0.2, 0.25) is 13.1 Å². The summed E-state index contributed by atoms with van der Waals surface area (Å²) in [4.78, 5) is 2.24. The van der Waals surface area contributed by atoms with E-state index >= 15 is 0 Å². The first-order valence-corrected chi connectivity index (χ1v) is 43.2. The maximum absolute atomic E-state index is 9.44. The van der Waals surface area contributed by atoms with Gasteiger partial charge in [-0.1, -0.05) is 242 Å². The molecule has 1 heterocycles. The molecule has 0 radical (unpaired) electrons. The van der Waals surface area contributed by atoms with Gasteiger partial charge in [0.05, 0.1) is 0 Å². The lowest BCUT2D eigenvalue weighted by Gasteiger charge is -2.38. The molecular weight excluding hydrogens is 1540 g/mol. The van der Waals surface area contributed by atoms with Gasteiger partial charge in [0.1, 0.15) is 22.2 Å². The fourth-order valence-electron chi connectivity index (χ4n) is 16.9. The second kappa shape index (κ2) is 33.5. The lowest BCUT2D eigenvalue weighted by Crippen LogP contribution is -3.00. The van der Waals surface area contributed by atoms with Crippen molar-refractivity contribution >= 4 is 155 Å². The van der Waals surface area contributed by atoms with Crippen molar-refractivity contribution in [3.8, 4) is 22.3 Å². The zero-order valence-electron chi connectivity index (χ0n) is 65.7. The summed E-state index contributed by atoms with van der Waals surface area (Å²) < 4.78 is 5.73. The van der Waals surface area contributed by atoms with Crippen molar-refractivity contribution in [2.75, 3.05) is 33.1 Å². The quantitative estimate of drug-likeness (QED) is 0.0771. The van der Waals surface area contributed by atoms with Crippen LogP contribution in [-0.2, 0) is 38.5 Å². The van der Waals surface area contributed by atoms with Crippen LogP contribution in [0.4, 0.5) is 5.69 Å². The van der Waals surface area contributed by atoms with Crippen molar-refractivity contribution in [2.24, 2.45) is 0 Å². The predicted octanol–water partition coefficient (Wildman–Crippen LogP) is 21.7. The monoisotopic (exact) mass is 1640 g/mol. The highest BCUT2D eigenvalue weighted by atomic mass is 79.9. The third kappa shape index (κ3) is 15.4. The lowest BCUT2D eigenvalue weighted by molar-refractivity contribution is -0.462. The van der Waals surface area contributed by atoms with E-state index in [1.807, 2.05) is 12.1 Å². The Hall–Kier alpha value is -7.96. The van der Waals surface area contributed by atoms with E-state index in [0.29, 0.717) is 5.46 Å². The highest BCUT2D eigenvalue weighted by Gasteiger charge is 2.41. The zero-order valence-corrected chi connectivity index (χ0v) is 72.2. The zero-order chi connectivity index (χ0) is 75.9. The van der Waals surface area contributed by atoms with Crippen LogP contribution in [0.15, 0.2) is 224 Å². The third-order valence-electron chi connectivity index (χ3n) is 22.5. The van der Waals surface area contributed by atoms with E-state index < -0.39 is 15.2 Å². The number of halogens is 4. The van der Waals surface area contributed by atoms with Gasteiger partial charge in [0, 0.05) is 45.4 Å². The summed E-state index contributed by atoms with van der Waals surface area (Å²) in [5.74, 6) is 0. The van der Waals surface area contributed by atoms with Gasteiger partial charge in [-0.3, -0.25) is 0 Å². The molecule has 0 spiro atoms.